The zero-order valence-electron chi connectivity index (χ0n) is 13.4. The molecule has 23 heavy (non-hydrogen) atoms. The molecule has 0 bridgehead atoms. The number of aromatic nitrogens is 3. The zero-order valence-corrected chi connectivity index (χ0v) is 15.1. The van der Waals surface area contributed by atoms with E-state index in [0.29, 0.717) is 19.6 Å². The SMILES string of the molecule is CC(C)S(=O)(=O)N1CCCC(c2nccn2Cc2cscn2)C1. The molecule has 0 aliphatic carbocycles. The van der Waals surface area contributed by atoms with E-state index in [-0.39, 0.29) is 11.2 Å². The summed E-state index contributed by atoms with van der Waals surface area (Å²) in [5, 5.41) is 1.65. The minimum absolute atomic E-state index is 0.144. The third-order valence-corrected chi connectivity index (χ3v) is 7.15. The van der Waals surface area contributed by atoms with E-state index < -0.39 is 10.0 Å². The average Bonchev–Trinajstić information content (AvgIpc) is 3.19. The topological polar surface area (TPSA) is 68.1 Å². The molecule has 6 nitrogen and oxygen atoms in total. The number of hydrogen-bond acceptors (Lipinski definition) is 5. The number of rotatable bonds is 5. The third kappa shape index (κ3) is 3.49. The van der Waals surface area contributed by atoms with Crippen LogP contribution in [-0.2, 0) is 16.6 Å². The first-order valence-electron chi connectivity index (χ1n) is 7.85. The van der Waals surface area contributed by atoms with E-state index >= 15 is 0 Å². The number of hydrogen-bond donors (Lipinski definition) is 0. The van der Waals surface area contributed by atoms with Gasteiger partial charge in [-0.3, -0.25) is 0 Å². The van der Waals surface area contributed by atoms with Crippen LogP contribution in [0.4, 0.5) is 0 Å². The quantitative estimate of drug-likeness (QED) is 0.826. The van der Waals surface area contributed by atoms with Gasteiger partial charge in [0.2, 0.25) is 10.0 Å². The minimum atomic E-state index is -3.20. The standard InChI is InChI=1S/C15H22N4O2S2/c1-12(2)23(20,21)19-6-3-4-13(8-19)15-16-5-7-18(15)9-14-10-22-11-17-14/h5,7,10-13H,3-4,6,8-9H2,1-2H3. The maximum Gasteiger partial charge on any atom is 0.216 e. The Morgan fingerprint density at radius 2 is 2.22 bits per heavy atom. The Morgan fingerprint density at radius 1 is 1.39 bits per heavy atom. The molecular formula is C15H22N4O2S2. The van der Waals surface area contributed by atoms with E-state index in [9.17, 15) is 8.42 Å². The molecule has 0 radical (unpaired) electrons. The Balaban J connectivity index is 1.78. The summed E-state index contributed by atoms with van der Waals surface area (Å²) in [5.74, 6) is 1.10. The van der Waals surface area contributed by atoms with E-state index in [0.717, 1.165) is 24.4 Å². The van der Waals surface area contributed by atoms with Crippen molar-refractivity contribution in [3.8, 4) is 0 Å². The van der Waals surface area contributed by atoms with Gasteiger partial charge in [0.1, 0.15) is 5.82 Å². The molecular weight excluding hydrogens is 332 g/mol. The molecule has 1 fully saturated rings. The molecule has 2 aromatic rings. The van der Waals surface area contributed by atoms with Gasteiger partial charge >= 0.3 is 0 Å². The maximum absolute atomic E-state index is 12.4. The molecule has 0 spiro atoms. The summed E-state index contributed by atoms with van der Waals surface area (Å²) in [4.78, 5) is 8.82. The fraction of sp³-hybridized carbons (Fsp3) is 0.600. The summed E-state index contributed by atoms with van der Waals surface area (Å²) < 4.78 is 28.6. The van der Waals surface area contributed by atoms with Gasteiger partial charge in [-0.15, -0.1) is 11.3 Å². The van der Waals surface area contributed by atoms with Crippen LogP contribution in [0.25, 0.3) is 0 Å². The van der Waals surface area contributed by atoms with Crippen LogP contribution in [0.2, 0.25) is 0 Å². The molecule has 1 aliphatic rings. The fourth-order valence-electron chi connectivity index (χ4n) is 2.99. The third-order valence-electron chi connectivity index (χ3n) is 4.27. The Morgan fingerprint density at radius 3 is 2.91 bits per heavy atom. The largest absolute Gasteiger partial charge is 0.329 e. The van der Waals surface area contributed by atoms with E-state index in [4.69, 9.17) is 0 Å². The van der Waals surface area contributed by atoms with Gasteiger partial charge in [0, 0.05) is 36.8 Å². The molecule has 1 aliphatic heterocycles. The van der Waals surface area contributed by atoms with Crippen LogP contribution < -0.4 is 0 Å². The summed E-state index contributed by atoms with van der Waals surface area (Å²) in [6.07, 6.45) is 5.58. The Labute approximate surface area is 141 Å². The second-order valence-electron chi connectivity index (χ2n) is 6.18. The summed E-state index contributed by atoms with van der Waals surface area (Å²) in [6.45, 7) is 5.30. The number of imidazole rings is 1. The van der Waals surface area contributed by atoms with Gasteiger partial charge in [0.25, 0.3) is 0 Å². The summed E-state index contributed by atoms with van der Waals surface area (Å²) >= 11 is 1.58. The van der Waals surface area contributed by atoms with Crippen molar-refractivity contribution in [2.75, 3.05) is 13.1 Å². The van der Waals surface area contributed by atoms with E-state index in [1.807, 2.05) is 17.1 Å². The van der Waals surface area contributed by atoms with Crippen molar-refractivity contribution >= 4 is 21.4 Å². The smallest absolute Gasteiger partial charge is 0.216 e. The van der Waals surface area contributed by atoms with Gasteiger partial charge in [-0.25, -0.2) is 22.7 Å². The molecule has 1 saturated heterocycles. The Kier molecular flexibility index (Phi) is 4.84. The molecule has 0 aromatic carbocycles. The van der Waals surface area contributed by atoms with E-state index in [1.54, 1.807) is 35.7 Å². The number of sulfonamides is 1. The molecule has 0 saturated carbocycles. The lowest BCUT2D eigenvalue weighted by Gasteiger charge is -2.33. The summed E-state index contributed by atoms with van der Waals surface area (Å²) in [7, 11) is -3.20. The lowest BCUT2D eigenvalue weighted by Crippen LogP contribution is -2.42. The molecule has 2 aromatic heterocycles. The number of piperidine rings is 1. The van der Waals surface area contributed by atoms with Crippen LogP contribution >= 0.6 is 11.3 Å². The molecule has 0 amide bonds. The second-order valence-corrected chi connectivity index (χ2v) is 9.39. The lowest BCUT2D eigenvalue weighted by molar-refractivity contribution is 0.303. The van der Waals surface area contributed by atoms with Crippen molar-refractivity contribution in [2.24, 2.45) is 0 Å². The van der Waals surface area contributed by atoms with Crippen LogP contribution in [0.3, 0.4) is 0 Å². The molecule has 3 heterocycles. The molecule has 0 N–H and O–H groups in total. The highest BCUT2D eigenvalue weighted by Gasteiger charge is 2.33. The van der Waals surface area contributed by atoms with Crippen molar-refractivity contribution in [3.05, 3.63) is 34.8 Å². The fourth-order valence-corrected chi connectivity index (χ4v) is 4.90. The van der Waals surface area contributed by atoms with Gasteiger partial charge in [0.15, 0.2) is 0 Å². The highest BCUT2D eigenvalue weighted by Crippen LogP contribution is 2.28. The Hall–Kier alpha value is -1.25. The van der Waals surface area contributed by atoms with E-state index in [2.05, 4.69) is 14.5 Å². The average molecular weight is 355 g/mol. The zero-order chi connectivity index (χ0) is 16.4. The summed E-state index contributed by atoms with van der Waals surface area (Å²) in [6, 6.07) is 0. The van der Waals surface area contributed by atoms with Crippen molar-refractivity contribution in [1.29, 1.82) is 0 Å². The molecule has 1 unspecified atom stereocenters. The first kappa shape index (κ1) is 16.6. The Bertz CT molecular complexity index is 737. The highest BCUT2D eigenvalue weighted by atomic mass is 32.2. The first-order chi connectivity index (χ1) is 11.0. The van der Waals surface area contributed by atoms with Crippen LogP contribution in [0, 0.1) is 0 Å². The van der Waals surface area contributed by atoms with Gasteiger partial charge in [-0.05, 0) is 26.7 Å². The lowest BCUT2D eigenvalue weighted by atomic mass is 9.99. The van der Waals surface area contributed by atoms with Gasteiger partial charge in [-0.2, -0.15) is 0 Å². The van der Waals surface area contributed by atoms with Crippen LogP contribution in [-0.4, -0.2) is 45.6 Å². The van der Waals surface area contributed by atoms with Crippen LogP contribution in [0.1, 0.15) is 44.1 Å². The molecule has 1 atom stereocenters. The molecule has 126 valence electrons. The monoisotopic (exact) mass is 354 g/mol. The predicted molar refractivity (Wildman–Crippen MR) is 91.0 cm³/mol. The normalized spacial score (nSPS) is 20.2. The highest BCUT2D eigenvalue weighted by molar-refractivity contribution is 7.89. The first-order valence-corrected chi connectivity index (χ1v) is 10.3. The molecule has 8 heteroatoms. The van der Waals surface area contributed by atoms with E-state index in [1.165, 1.54) is 0 Å². The summed E-state index contributed by atoms with van der Waals surface area (Å²) in [5.41, 5.74) is 2.83. The minimum Gasteiger partial charge on any atom is -0.329 e. The van der Waals surface area contributed by atoms with Gasteiger partial charge < -0.3 is 4.57 Å². The van der Waals surface area contributed by atoms with Crippen molar-refractivity contribution in [2.45, 2.75) is 44.4 Å². The van der Waals surface area contributed by atoms with Gasteiger partial charge in [-0.1, -0.05) is 0 Å². The van der Waals surface area contributed by atoms with Gasteiger partial charge in [0.05, 0.1) is 23.0 Å². The van der Waals surface area contributed by atoms with Crippen molar-refractivity contribution in [1.82, 2.24) is 18.8 Å². The molecule has 3 rings (SSSR count). The maximum atomic E-state index is 12.4. The number of nitrogens with zero attached hydrogens (tertiary/aromatic N) is 4. The van der Waals surface area contributed by atoms with Crippen LogP contribution in [0.5, 0.6) is 0 Å². The predicted octanol–water partition coefficient (Wildman–Crippen LogP) is 2.31. The van der Waals surface area contributed by atoms with Crippen molar-refractivity contribution < 1.29 is 8.42 Å². The number of thiazole rings is 1. The van der Waals surface area contributed by atoms with Crippen molar-refractivity contribution in [3.63, 3.8) is 0 Å². The second kappa shape index (κ2) is 6.70. The van der Waals surface area contributed by atoms with Crippen LogP contribution in [0.15, 0.2) is 23.3 Å².